The Labute approximate surface area is 365 Å². The van der Waals surface area contributed by atoms with Crippen LogP contribution in [0.4, 0.5) is 11.4 Å². The van der Waals surface area contributed by atoms with E-state index in [1.165, 1.54) is 12.1 Å². The van der Waals surface area contributed by atoms with Crippen LogP contribution in [-0.2, 0) is 0 Å². The molecule has 3 aliphatic heterocycles. The first-order chi connectivity index (χ1) is 24.8. The summed E-state index contributed by atoms with van der Waals surface area (Å²) in [6, 6.07) is 20.5. The number of ether oxygens (including phenoxy) is 1. The van der Waals surface area contributed by atoms with Crippen LogP contribution in [0.1, 0.15) is 51.5 Å². The van der Waals surface area contributed by atoms with E-state index in [-0.39, 0.29) is 50.6 Å². The number of non-ortho nitro benzene ring substituents is 2. The summed E-state index contributed by atoms with van der Waals surface area (Å²) < 4.78 is 6.06. The number of hydrogen-bond acceptors (Lipinski definition) is 8. The first kappa shape index (κ1) is 44.1. The molecule has 0 saturated carbocycles. The topological polar surface area (TPSA) is 122 Å². The van der Waals surface area contributed by atoms with Crippen molar-refractivity contribution in [2.24, 2.45) is 0 Å². The molecule has 0 amide bonds. The summed E-state index contributed by atoms with van der Waals surface area (Å²) >= 11 is 21.8. The van der Waals surface area contributed by atoms with Crippen LogP contribution in [0, 0.1) is 27.2 Å². The van der Waals surface area contributed by atoms with Gasteiger partial charge in [0.05, 0.1) is 9.85 Å². The van der Waals surface area contributed by atoms with Crippen LogP contribution in [0.25, 0.3) is 0 Å². The standard InChI is InChI=1S/C18H19ClN2O3.C17H15ClN2O3.I3.I2/c1-11-3-5-13(21(23)24)8-14(11)16-9-20(2)10-17(16)15-7-12(19)4-6-18(15)22;1-19-8-14-12-6-10(18)2-4-16(12)23-17-5-3-11(20(21)22)7-13(17)15(14)9-19;1-3-2;1-2/h3-8,16-17,22H,9-10H2,1-2H3;2-7,14-15H,8-9H2,1H3;;/q;;-1;/t16-,17-;14-,15-;;/m00../s1. The molecule has 280 valence electrons. The third-order valence-electron chi connectivity index (χ3n) is 9.46. The number of aryl methyl sites for hydroxylation is 1. The van der Waals surface area contributed by atoms with Gasteiger partial charge in [-0.25, -0.2) is 0 Å². The molecule has 4 atom stereocenters. The second-order valence-electron chi connectivity index (χ2n) is 12.7. The Balaban J connectivity index is 0.000000207. The number of likely N-dealkylation sites (tertiary alicyclic amines) is 2. The maximum absolute atomic E-state index is 11.1. The SMILES string of the molecule is CN1C[C@H]2c3cc(Cl)ccc3Oc3ccc([N+](=O)[O-])cc3[C@@H]2C1.Cc1ccc([N+](=O)[O-])cc1[C@@H]1CN(C)C[C@H]1c1cc(Cl)ccc1O.II.I[I-]I. The quantitative estimate of drug-likeness (QED) is 0.122. The number of phenols is 1. The predicted molar refractivity (Wildman–Crippen MR) is 238 cm³/mol. The Bertz CT molecular complexity index is 1910. The van der Waals surface area contributed by atoms with Gasteiger partial charge < -0.3 is 19.6 Å². The Morgan fingerprint density at radius 2 is 1.08 bits per heavy atom. The Hall–Kier alpha value is -0.570. The molecule has 0 aromatic heterocycles. The van der Waals surface area contributed by atoms with E-state index < -0.39 is 0 Å². The van der Waals surface area contributed by atoms with Crippen LogP contribution in [-0.4, -0.2) is 65.0 Å². The van der Waals surface area contributed by atoms with Gasteiger partial charge in [0.15, 0.2) is 0 Å². The average Bonchev–Trinajstić information content (AvgIpc) is 3.67. The van der Waals surface area contributed by atoms with Gasteiger partial charge in [-0.2, -0.15) is 0 Å². The number of halogens is 7. The summed E-state index contributed by atoms with van der Waals surface area (Å²) in [5, 5.41) is 33.8. The number of nitro benzene ring substituents is 2. The number of fused-ring (bicyclic) bond motifs is 5. The van der Waals surface area contributed by atoms with Crippen molar-refractivity contribution in [1.29, 1.82) is 0 Å². The zero-order valence-electron chi connectivity index (χ0n) is 28.0. The molecule has 3 heterocycles. The zero-order chi connectivity index (χ0) is 38.3. The van der Waals surface area contributed by atoms with Crippen molar-refractivity contribution >= 4 is 109 Å². The van der Waals surface area contributed by atoms with Crippen molar-refractivity contribution in [3.63, 3.8) is 0 Å². The van der Waals surface area contributed by atoms with E-state index in [0.717, 1.165) is 59.7 Å². The molecule has 0 aliphatic carbocycles. The molecular formula is C35H34Cl2I5N4O6-. The molecular weight excluding hydrogens is 1280 g/mol. The van der Waals surface area contributed by atoms with Crippen LogP contribution >= 0.6 is 97.7 Å². The van der Waals surface area contributed by atoms with Gasteiger partial charge in [-0.15, -0.1) is 0 Å². The summed E-state index contributed by atoms with van der Waals surface area (Å²) in [6.07, 6.45) is 0. The summed E-state index contributed by atoms with van der Waals surface area (Å²) in [5.74, 6) is 2.18. The maximum atomic E-state index is 11.1. The first-order valence-electron chi connectivity index (χ1n) is 15.7. The van der Waals surface area contributed by atoms with E-state index >= 15 is 0 Å². The number of rotatable bonds is 4. The normalized spacial score (nSPS) is 20.2. The van der Waals surface area contributed by atoms with Crippen molar-refractivity contribution in [3.05, 3.63) is 131 Å². The number of aromatic hydroxyl groups is 1. The summed E-state index contributed by atoms with van der Waals surface area (Å²) in [4.78, 5) is 26.0. The monoisotopic (exact) mass is 1310 g/mol. The second kappa shape index (κ2) is 20.6. The second-order valence-corrected chi connectivity index (χ2v) is 29.8. The number of likely N-dealkylation sites (N-methyl/N-ethyl adjacent to an activating group) is 2. The number of benzene rings is 4. The molecule has 0 bridgehead atoms. The number of nitro groups is 2. The Morgan fingerprint density at radius 3 is 1.60 bits per heavy atom. The van der Waals surface area contributed by atoms with Gasteiger partial charge in [0, 0.05) is 138 Å². The van der Waals surface area contributed by atoms with E-state index in [4.69, 9.17) is 27.9 Å². The zero-order valence-corrected chi connectivity index (χ0v) is 40.3. The molecule has 2 fully saturated rings. The van der Waals surface area contributed by atoms with Gasteiger partial charge in [0.1, 0.15) is 17.2 Å². The number of hydrogen-bond donors (Lipinski definition) is 1. The molecule has 0 spiro atoms. The van der Waals surface area contributed by atoms with Crippen LogP contribution < -0.4 is 18.0 Å². The third kappa shape index (κ3) is 10.8. The van der Waals surface area contributed by atoms with Crippen LogP contribution in [0.5, 0.6) is 17.2 Å². The molecule has 0 unspecified atom stereocenters. The van der Waals surface area contributed by atoms with E-state index in [9.17, 15) is 25.3 Å². The molecule has 4 aromatic rings. The van der Waals surface area contributed by atoms with Gasteiger partial charge in [-0.3, -0.25) is 20.2 Å². The molecule has 17 heteroatoms. The Morgan fingerprint density at radius 1 is 0.692 bits per heavy atom. The van der Waals surface area contributed by atoms with Crippen molar-refractivity contribution in [3.8, 4) is 17.2 Å². The van der Waals surface area contributed by atoms with Crippen molar-refractivity contribution in [1.82, 2.24) is 9.80 Å². The number of phenolic OH excluding ortho intramolecular Hbond substituents is 1. The summed E-state index contributed by atoms with van der Waals surface area (Å²) in [6.45, 7) is 5.23. The molecule has 2 saturated heterocycles. The predicted octanol–water partition coefficient (Wildman–Crippen LogP) is 8.79. The summed E-state index contributed by atoms with van der Waals surface area (Å²) in [7, 11) is 4.08. The first-order valence-corrected chi connectivity index (χ1v) is 35.3. The van der Waals surface area contributed by atoms with E-state index in [1.807, 2.05) is 32.2 Å². The van der Waals surface area contributed by atoms with Crippen molar-refractivity contribution in [2.75, 3.05) is 40.3 Å². The Kier molecular flexibility index (Phi) is 17.4. The molecule has 3 aliphatic rings. The van der Waals surface area contributed by atoms with Gasteiger partial charge in [-0.05, 0) is 74.6 Å². The minimum atomic E-state index is -0.368. The van der Waals surface area contributed by atoms with Gasteiger partial charge in [0.2, 0.25) is 0 Å². The van der Waals surface area contributed by atoms with E-state index in [2.05, 4.69) is 91.3 Å². The fourth-order valence-electron chi connectivity index (χ4n) is 7.28. The van der Waals surface area contributed by atoms with Gasteiger partial charge >= 0.3 is 50.5 Å². The molecule has 7 rings (SSSR count). The molecule has 10 nitrogen and oxygen atoms in total. The third-order valence-corrected chi connectivity index (χ3v) is 9.93. The van der Waals surface area contributed by atoms with Crippen LogP contribution in [0.2, 0.25) is 10.0 Å². The van der Waals surface area contributed by atoms with Crippen LogP contribution in [0.15, 0.2) is 72.8 Å². The average molecular weight is 1310 g/mol. The minimum absolute atomic E-state index is 0.0365. The fourth-order valence-corrected chi connectivity index (χ4v) is 7.64. The van der Waals surface area contributed by atoms with Crippen molar-refractivity contribution < 1.29 is 32.9 Å². The van der Waals surface area contributed by atoms with E-state index in [0.29, 0.717) is 29.0 Å². The van der Waals surface area contributed by atoms with Crippen molar-refractivity contribution in [2.45, 2.75) is 30.6 Å². The summed E-state index contributed by atoms with van der Waals surface area (Å²) in [5.41, 5.74) is 4.95. The fraction of sp³-hybridized carbons (Fsp3) is 0.314. The molecule has 52 heavy (non-hydrogen) atoms. The number of nitrogens with zero attached hydrogens (tertiary/aromatic N) is 4. The van der Waals surface area contributed by atoms with Gasteiger partial charge in [0.25, 0.3) is 11.4 Å². The molecule has 0 radical (unpaired) electrons. The molecule has 1 N–H and O–H groups in total. The van der Waals surface area contributed by atoms with E-state index in [1.54, 1.807) is 42.5 Å². The molecule has 4 aromatic carbocycles. The van der Waals surface area contributed by atoms with Gasteiger partial charge in [-0.1, -0.05) is 29.3 Å². The van der Waals surface area contributed by atoms with Crippen LogP contribution in [0.3, 0.4) is 0 Å².